The summed E-state index contributed by atoms with van der Waals surface area (Å²) in [6.07, 6.45) is 0. The lowest BCUT2D eigenvalue weighted by atomic mass is 10.3. The van der Waals surface area contributed by atoms with E-state index in [4.69, 9.17) is 0 Å². The molecule has 0 radical (unpaired) electrons. The number of ketones is 1. The van der Waals surface area contributed by atoms with Crippen LogP contribution in [0.4, 0.5) is 0 Å². The number of hydrogen-bond donors (Lipinski definition) is 0. The zero-order valence-electron chi connectivity index (χ0n) is 7.20. The van der Waals surface area contributed by atoms with E-state index in [1.54, 1.807) is 26.2 Å². The molecule has 1 heterocycles. The topological polar surface area (TPSA) is 37.4 Å². The number of thiophene rings is 1. The van der Waals surface area contributed by atoms with E-state index in [0.29, 0.717) is 4.88 Å². The molecule has 13 heavy (non-hydrogen) atoms. The minimum Gasteiger partial charge on any atom is -0.342 e. The van der Waals surface area contributed by atoms with Gasteiger partial charge >= 0.3 is 0 Å². The molecule has 0 fully saturated rings. The normalized spacial score (nSPS) is 9.77. The Hall–Kier alpha value is -0.680. The largest absolute Gasteiger partial charge is 0.342 e. The van der Waals surface area contributed by atoms with E-state index in [9.17, 15) is 9.59 Å². The van der Waals surface area contributed by atoms with Crippen LogP contribution in [0, 0.1) is 0 Å². The van der Waals surface area contributed by atoms with Crippen LogP contribution >= 0.6 is 27.3 Å². The van der Waals surface area contributed by atoms with E-state index in [0.717, 1.165) is 3.79 Å². The van der Waals surface area contributed by atoms with Crippen LogP contribution in [-0.2, 0) is 4.79 Å². The van der Waals surface area contributed by atoms with Gasteiger partial charge in [-0.25, -0.2) is 0 Å². The average Bonchev–Trinajstić information content (AvgIpc) is 2.49. The highest BCUT2D eigenvalue weighted by molar-refractivity contribution is 9.11. The molecule has 3 nitrogen and oxygen atoms in total. The fourth-order valence-electron chi connectivity index (χ4n) is 0.745. The molecule has 70 valence electrons. The van der Waals surface area contributed by atoms with Gasteiger partial charge in [-0.3, -0.25) is 9.59 Å². The number of hydrogen-bond acceptors (Lipinski definition) is 3. The van der Waals surface area contributed by atoms with Gasteiger partial charge in [-0.1, -0.05) is 0 Å². The van der Waals surface area contributed by atoms with Crippen molar-refractivity contribution in [1.29, 1.82) is 0 Å². The summed E-state index contributed by atoms with van der Waals surface area (Å²) in [5.74, 6) is -0.949. The van der Waals surface area contributed by atoms with Gasteiger partial charge in [-0.2, -0.15) is 0 Å². The van der Waals surface area contributed by atoms with E-state index in [1.807, 2.05) is 0 Å². The standard InChI is InChI=1S/C8H8BrNO2S/c1-10(2)8(12)7(11)5-3-4-6(9)13-5/h3-4H,1-2H3. The van der Waals surface area contributed by atoms with Crippen LogP contribution in [0.2, 0.25) is 0 Å². The zero-order chi connectivity index (χ0) is 10.0. The highest BCUT2D eigenvalue weighted by atomic mass is 79.9. The number of carbonyl (C=O) groups is 2. The van der Waals surface area contributed by atoms with Gasteiger partial charge in [-0.05, 0) is 28.1 Å². The van der Waals surface area contributed by atoms with Gasteiger partial charge in [-0.15, -0.1) is 11.3 Å². The molecule has 0 saturated heterocycles. The fourth-order valence-corrected chi connectivity index (χ4v) is 2.06. The Kier molecular flexibility index (Phi) is 3.22. The Balaban J connectivity index is 2.86. The second-order valence-electron chi connectivity index (χ2n) is 2.63. The van der Waals surface area contributed by atoms with Gasteiger partial charge in [0.25, 0.3) is 11.7 Å². The van der Waals surface area contributed by atoms with E-state index in [-0.39, 0.29) is 0 Å². The molecular weight excluding hydrogens is 254 g/mol. The molecular formula is C8H8BrNO2S. The van der Waals surface area contributed by atoms with E-state index in [2.05, 4.69) is 15.9 Å². The zero-order valence-corrected chi connectivity index (χ0v) is 9.61. The van der Waals surface area contributed by atoms with E-state index in [1.165, 1.54) is 16.2 Å². The molecule has 1 aromatic rings. The average molecular weight is 262 g/mol. The van der Waals surface area contributed by atoms with Gasteiger partial charge in [0, 0.05) is 14.1 Å². The second-order valence-corrected chi connectivity index (χ2v) is 5.10. The number of likely N-dealkylation sites (N-methyl/N-ethyl adjacent to an activating group) is 1. The Morgan fingerprint density at radius 3 is 2.38 bits per heavy atom. The monoisotopic (exact) mass is 261 g/mol. The summed E-state index contributed by atoms with van der Waals surface area (Å²) in [6, 6.07) is 3.39. The number of rotatable bonds is 2. The van der Waals surface area contributed by atoms with Crippen molar-refractivity contribution in [3.05, 3.63) is 20.8 Å². The number of amides is 1. The van der Waals surface area contributed by atoms with Crippen molar-refractivity contribution in [2.24, 2.45) is 0 Å². The molecule has 1 aromatic heterocycles. The van der Waals surface area contributed by atoms with Crippen LogP contribution in [-0.4, -0.2) is 30.7 Å². The first-order valence-electron chi connectivity index (χ1n) is 3.53. The van der Waals surface area contributed by atoms with Crippen molar-refractivity contribution in [3.8, 4) is 0 Å². The molecule has 0 aromatic carbocycles. The third kappa shape index (κ3) is 2.38. The number of halogens is 1. The van der Waals surface area contributed by atoms with Crippen LogP contribution in [0.3, 0.4) is 0 Å². The molecule has 0 aliphatic rings. The van der Waals surface area contributed by atoms with E-state index >= 15 is 0 Å². The second kappa shape index (κ2) is 4.02. The fraction of sp³-hybridized carbons (Fsp3) is 0.250. The van der Waals surface area contributed by atoms with Gasteiger partial charge in [0.2, 0.25) is 0 Å². The summed E-state index contributed by atoms with van der Waals surface area (Å²) in [6.45, 7) is 0. The van der Waals surface area contributed by atoms with Crippen molar-refractivity contribution in [1.82, 2.24) is 4.90 Å². The molecule has 0 N–H and O–H groups in total. The quantitative estimate of drug-likeness (QED) is 0.601. The first-order chi connectivity index (χ1) is 6.02. The van der Waals surface area contributed by atoms with Crippen LogP contribution in [0.15, 0.2) is 15.9 Å². The maximum Gasteiger partial charge on any atom is 0.295 e. The maximum atomic E-state index is 11.4. The molecule has 0 unspecified atom stereocenters. The first kappa shape index (κ1) is 10.4. The van der Waals surface area contributed by atoms with Crippen LogP contribution in [0.5, 0.6) is 0 Å². The summed E-state index contributed by atoms with van der Waals surface area (Å²) in [5.41, 5.74) is 0. The first-order valence-corrected chi connectivity index (χ1v) is 5.14. The van der Waals surface area contributed by atoms with Crippen LogP contribution in [0.1, 0.15) is 9.67 Å². The highest BCUT2D eigenvalue weighted by Crippen LogP contribution is 2.22. The summed E-state index contributed by atoms with van der Waals surface area (Å²) in [4.78, 5) is 24.4. The molecule has 5 heteroatoms. The van der Waals surface area contributed by atoms with Gasteiger partial charge < -0.3 is 4.90 Å². The van der Waals surface area contributed by atoms with Crippen LogP contribution in [0.25, 0.3) is 0 Å². The summed E-state index contributed by atoms with van der Waals surface area (Å²) < 4.78 is 0.849. The van der Waals surface area contributed by atoms with Crippen LogP contribution < -0.4 is 0 Å². The predicted molar refractivity (Wildman–Crippen MR) is 55.0 cm³/mol. The molecule has 0 spiro atoms. The molecule has 1 amide bonds. The molecule has 0 atom stereocenters. The Labute approximate surface area is 88.5 Å². The third-order valence-electron chi connectivity index (χ3n) is 1.40. The molecule has 0 saturated carbocycles. The summed E-state index contributed by atoms with van der Waals surface area (Å²) in [5, 5.41) is 0. The third-order valence-corrected chi connectivity index (χ3v) is 3.02. The van der Waals surface area contributed by atoms with E-state index < -0.39 is 11.7 Å². The van der Waals surface area contributed by atoms with Gasteiger partial charge in [0.15, 0.2) is 0 Å². The Morgan fingerprint density at radius 1 is 1.38 bits per heavy atom. The lowest BCUT2D eigenvalue weighted by Gasteiger charge is -2.06. The molecule has 1 rings (SSSR count). The van der Waals surface area contributed by atoms with Crippen molar-refractivity contribution >= 4 is 39.0 Å². The number of nitrogens with zero attached hydrogens (tertiary/aromatic N) is 1. The molecule has 0 bridgehead atoms. The van der Waals surface area contributed by atoms with Crippen molar-refractivity contribution in [3.63, 3.8) is 0 Å². The lowest BCUT2D eigenvalue weighted by Crippen LogP contribution is -2.29. The highest BCUT2D eigenvalue weighted by Gasteiger charge is 2.19. The summed E-state index contributed by atoms with van der Waals surface area (Å²) >= 11 is 4.49. The predicted octanol–water partition coefficient (Wildman–Crippen LogP) is 1.78. The minimum atomic E-state index is -0.491. The SMILES string of the molecule is CN(C)C(=O)C(=O)c1ccc(Br)s1. The van der Waals surface area contributed by atoms with Crippen molar-refractivity contribution in [2.75, 3.05) is 14.1 Å². The number of carbonyl (C=O) groups excluding carboxylic acids is 2. The Bertz CT molecular complexity index is 346. The van der Waals surface area contributed by atoms with Crippen molar-refractivity contribution < 1.29 is 9.59 Å². The minimum absolute atomic E-state index is 0.458. The Morgan fingerprint density at radius 2 is 2.00 bits per heavy atom. The molecule has 0 aliphatic heterocycles. The van der Waals surface area contributed by atoms with Gasteiger partial charge in [0.05, 0.1) is 8.66 Å². The summed E-state index contributed by atoms with van der Waals surface area (Å²) in [7, 11) is 3.12. The lowest BCUT2D eigenvalue weighted by molar-refractivity contribution is -0.124. The maximum absolute atomic E-state index is 11.4. The van der Waals surface area contributed by atoms with Gasteiger partial charge in [0.1, 0.15) is 0 Å². The smallest absolute Gasteiger partial charge is 0.295 e. The molecule has 0 aliphatic carbocycles. The van der Waals surface area contributed by atoms with Crippen molar-refractivity contribution in [2.45, 2.75) is 0 Å². The number of Topliss-reactive ketones (excluding diaryl/α,β-unsaturated/α-hetero) is 1.